The first kappa shape index (κ1) is 12.1. The van der Waals surface area contributed by atoms with E-state index in [4.69, 9.17) is 9.84 Å². The first-order valence-electron chi connectivity index (χ1n) is 4.75. The van der Waals surface area contributed by atoms with E-state index >= 15 is 0 Å². The summed E-state index contributed by atoms with van der Waals surface area (Å²) in [5.74, 6) is 0.233. The third-order valence-corrected chi connectivity index (χ3v) is 2.00. The standard InChI is InChI=1S/C10H13F3O2/c11-10(12,13)9(6-7-14)15-8-4-2-1-3-5-8/h2,4-5,9,14H,1,3,6-7H2/t9-/m1/s1. The first-order chi connectivity index (χ1) is 7.04. The van der Waals surface area contributed by atoms with Crippen molar-refractivity contribution < 1.29 is 23.0 Å². The van der Waals surface area contributed by atoms with Crippen LogP contribution in [0.25, 0.3) is 0 Å². The van der Waals surface area contributed by atoms with Crippen LogP contribution in [0.2, 0.25) is 0 Å². The second-order valence-corrected chi connectivity index (χ2v) is 3.25. The molecule has 15 heavy (non-hydrogen) atoms. The number of allylic oxidation sites excluding steroid dienone is 3. The third-order valence-electron chi connectivity index (χ3n) is 2.00. The minimum absolute atomic E-state index is 0.233. The van der Waals surface area contributed by atoms with Gasteiger partial charge in [-0.2, -0.15) is 13.2 Å². The number of hydrogen-bond acceptors (Lipinski definition) is 2. The summed E-state index contributed by atoms with van der Waals surface area (Å²) >= 11 is 0. The number of halogens is 3. The van der Waals surface area contributed by atoms with Gasteiger partial charge in [0.05, 0.1) is 0 Å². The molecule has 0 spiro atoms. The highest BCUT2D eigenvalue weighted by molar-refractivity contribution is 5.16. The van der Waals surface area contributed by atoms with E-state index in [1.165, 1.54) is 6.08 Å². The van der Waals surface area contributed by atoms with Gasteiger partial charge in [-0.05, 0) is 25.0 Å². The fourth-order valence-corrected chi connectivity index (χ4v) is 1.25. The zero-order valence-corrected chi connectivity index (χ0v) is 8.13. The van der Waals surface area contributed by atoms with Gasteiger partial charge < -0.3 is 9.84 Å². The second-order valence-electron chi connectivity index (χ2n) is 3.25. The lowest BCUT2D eigenvalue weighted by Crippen LogP contribution is -2.32. The van der Waals surface area contributed by atoms with Gasteiger partial charge in [0.1, 0.15) is 5.76 Å². The molecule has 0 radical (unpaired) electrons. The Morgan fingerprint density at radius 3 is 2.60 bits per heavy atom. The lowest BCUT2D eigenvalue weighted by Gasteiger charge is -2.22. The number of rotatable bonds is 4. The second kappa shape index (κ2) is 5.21. The molecule has 0 unspecified atom stereocenters. The summed E-state index contributed by atoms with van der Waals surface area (Å²) in [4.78, 5) is 0. The van der Waals surface area contributed by atoms with E-state index in [-0.39, 0.29) is 5.76 Å². The zero-order chi connectivity index (χ0) is 11.3. The largest absolute Gasteiger partial charge is 0.481 e. The summed E-state index contributed by atoms with van der Waals surface area (Å²) in [5.41, 5.74) is 0. The normalized spacial score (nSPS) is 18.5. The molecule has 0 amide bonds. The van der Waals surface area contributed by atoms with Gasteiger partial charge in [0, 0.05) is 13.0 Å². The van der Waals surface area contributed by atoms with Crippen molar-refractivity contribution in [3.8, 4) is 0 Å². The maximum absolute atomic E-state index is 12.4. The average Bonchev–Trinajstić information content (AvgIpc) is 2.17. The molecule has 1 rings (SSSR count). The molecular formula is C10H13F3O2. The molecule has 1 atom stereocenters. The van der Waals surface area contributed by atoms with E-state index in [9.17, 15) is 13.2 Å². The summed E-state index contributed by atoms with van der Waals surface area (Å²) < 4.78 is 41.9. The molecule has 0 bridgehead atoms. The van der Waals surface area contributed by atoms with Crippen LogP contribution < -0.4 is 0 Å². The van der Waals surface area contributed by atoms with Gasteiger partial charge in [-0.25, -0.2) is 0 Å². The summed E-state index contributed by atoms with van der Waals surface area (Å²) in [5, 5.41) is 8.51. The molecule has 1 N–H and O–H groups in total. The number of aliphatic hydroxyl groups excluding tert-OH is 1. The van der Waals surface area contributed by atoms with E-state index in [2.05, 4.69) is 0 Å². The zero-order valence-electron chi connectivity index (χ0n) is 8.13. The Kier molecular flexibility index (Phi) is 4.20. The van der Waals surface area contributed by atoms with E-state index < -0.39 is 25.3 Å². The molecule has 1 aliphatic carbocycles. The van der Waals surface area contributed by atoms with Gasteiger partial charge in [-0.1, -0.05) is 6.08 Å². The number of hydrogen-bond donors (Lipinski definition) is 1. The molecule has 0 aliphatic heterocycles. The number of alkyl halides is 3. The summed E-state index contributed by atoms with van der Waals surface area (Å²) in [6, 6.07) is 0. The average molecular weight is 222 g/mol. The number of ether oxygens (including phenoxy) is 1. The van der Waals surface area contributed by atoms with Crippen LogP contribution in [0.4, 0.5) is 13.2 Å². The van der Waals surface area contributed by atoms with Crippen molar-refractivity contribution >= 4 is 0 Å². The van der Waals surface area contributed by atoms with Crippen LogP contribution in [-0.2, 0) is 4.74 Å². The minimum Gasteiger partial charge on any atom is -0.481 e. The number of aliphatic hydroxyl groups is 1. The fraction of sp³-hybridized carbons (Fsp3) is 0.600. The van der Waals surface area contributed by atoms with Gasteiger partial charge in [0.25, 0.3) is 0 Å². The van der Waals surface area contributed by atoms with Crippen LogP contribution in [0.15, 0.2) is 24.0 Å². The molecular weight excluding hydrogens is 209 g/mol. The molecule has 2 nitrogen and oxygen atoms in total. The van der Waals surface area contributed by atoms with E-state index in [0.29, 0.717) is 6.42 Å². The van der Waals surface area contributed by atoms with Gasteiger partial charge >= 0.3 is 6.18 Å². The molecule has 0 aromatic carbocycles. The quantitative estimate of drug-likeness (QED) is 0.792. The van der Waals surface area contributed by atoms with Crippen molar-refractivity contribution in [2.75, 3.05) is 6.61 Å². The highest BCUT2D eigenvalue weighted by Gasteiger charge is 2.41. The van der Waals surface area contributed by atoms with Crippen LogP contribution in [0, 0.1) is 0 Å². The Balaban J connectivity index is 2.58. The molecule has 0 aromatic rings. The first-order valence-corrected chi connectivity index (χ1v) is 4.75. The van der Waals surface area contributed by atoms with Crippen LogP contribution >= 0.6 is 0 Å². The molecule has 0 aromatic heterocycles. The van der Waals surface area contributed by atoms with Gasteiger partial charge in [0.2, 0.25) is 0 Å². The van der Waals surface area contributed by atoms with Crippen molar-refractivity contribution in [2.24, 2.45) is 0 Å². The Bertz CT molecular complexity index is 256. The van der Waals surface area contributed by atoms with Crippen molar-refractivity contribution in [3.63, 3.8) is 0 Å². The predicted octanol–water partition coefficient (Wildman–Crippen LogP) is 2.55. The maximum Gasteiger partial charge on any atom is 0.425 e. The Labute approximate surface area is 86.0 Å². The molecule has 0 saturated heterocycles. The summed E-state index contributed by atoms with van der Waals surface area (Å²) in [7, 11) is 0. The highest BCUT2D eigenvalue weighted by Crippen LogP contribution is 2.28. The summed E-state index contributed by atoms with van der Waals surface area (Å²) in [6.07, 6.45) is -0.364. The molecule has 0 saturated carbocycles. The van der Waals surface area contributed by atoms with Crippen molar-refractivity contribution in [2.45, 2.75) is 31.5 Å². The van der Waals surface area contributed by atoms with Crippen molar-refractivity contribution in [1.29, 1.82) is 0 Å². The summed E-state index contributed by atoms with van der Waals surface area (Å²) in [6.45, 7) is -0.541. The van der Waals surface area contributed by atoms with Gasteiger partial charge in [-0.15, -0.1) is 0 Å². The minimum atomic E-state index is -4.44. The molecule has 0 heterocycles. The Morgan fingerprint density at radius 1 is 1.40 bits per heavy atom. The SMILES string of the molecule is OCC[C@@H](OC1=CCCC=C1)C(F)(F)F. The van der Waals surface area contributed by atoms with Crippen LogP contribution in [-0.4, -0.2) is 24.0 Å². The molecule has 0 fully saturated rings. The van der Waals surface area contributed by atoms with E-state index in [1.54, 1.807) is 12.2 Å². The van der Waals surface area contributed by atoms with Gasteiger partial charge in [0.15, 0.2) is 6.10 Å². The fourth-order valence-electron chi connectivity index (χ4n) is 1.25. The van der Waals surface area contributed by atoms with Crippen LogP contribution in [0.5, 0.6) is 0 Å². The van der Waals surface area contributed by atoms with Crippen LogP contribution in [0.3, 0.4) is 0 Å². The van der Waals surface area contributed by atoms with Crippen LogP contribution in [0.1, 0.15) is 19.3 Å². The van der Waals surface area contributed by atoms with Crippen molar-refractivity contribution in [1.82, 2.24) is 0 Å². The lowest BCUT2D eigenvalue weighted by molar-refractivity contribution is -0.212. The Morgan fingerprint density at radius 2 is 2.13 bits per heavy atom. The maximum atomic E-state index is 12.4. The molecule has 1 aliphatic rings. The molecule has 86 valence electrons. The third kappa shape index (κ3) is 3.95. The van der Waals surface area contributed by atoms with E-state index in [0.717, 1.165) is 6.42 Å². The van der Waals surface area contributed by atoms with Crippen molar-refractivity contribution in [3.05, 3.63) is 24.0 Å². The van der Waals surface area contributed by atoms with Gasteiger partial charge in [-0.3, -0.25) is 0 Å². The highest BCUT2D eigenvalue weighted by atomic mass is 19.4. The lowest BCUT2D eigenvalue weighted by atomic mass is 10.1. The van der Waals surface area contributed by atoms with E-state index in [1.807, 2.05) is 0 Å². The topological polar surface area (TPSA) is 29.5 Å². The molecule has 5 heteroatoms. The monoisotopic (exact) mass is 222 g/mol. The smallest absolute Gasteiger partial charge is 0.425 e. The predicted molar refractivity (Wildman–Crippen MR) is 49.1 cm³/mol. The Hall–Kier alpha value is -0.970.